The van der Waals surface area contributed by atoms with E-state index in [2.05, 4.69) is 20.7 Å². The molecule has 2 amide bonds. The molecule has 4 aromatic rings. The zero-order valence-corrected chi connectivity index (χ0v) is 21.8. The maximum absolute atomic E-state index is 14.2. The van der Waals surface area contributed by atoms with Gasteiger partial charge < -0.3 is 10.2 Å². The molecule has 2 aromatic heterocycles. The third-order valence-electron chi connectivity index (χ3n) is 5.52. The van der Waals surface area contributed by atoms with E-state index in [1.165, 1.54) is 17.4 Å². The number of carbonyl (C=O) groups is 2. The first-order valence-corrected chi connectivity index (χ1v) is 12.8. The van der Waals surface area contributed by atoms with Crippen LogP contribution in [-0.2, 0) is 22.6 Å². The predicted molar refractivity (Wildman–Crippen MR) is 140 cm³/mol. The molecule has 2 heterocycles. The lowest BCUT2D eigenvalue weighted by Gasteiger charge is -2.33. The highest BCUT2D eigenvalue weighted by molar-refractivity contribution is 7.10. The lowest BCUT2D eigenvalue weighted by molar-refractivity contribution is -0.142. The number of thiophene rings is 1. The smallest absolute Gasteiger partial charge is 0.248 e. The predicted octanol–water partition coefficient (Wildman–Crippen LogP) is 4.27. The minimum absolute atomic E-state index is 0.0852. The fourth-order valence-electron chi connectivity index (χ4n) is 3.87. The third kappa shape index (κ3) is 6.85. The van der Waals surface area contributed by atoms with Crippen molar-refractivity contribution in [3.8, 4) is 11.4 Å². The normalized spacial score (nSPS) is 12.2. The second-order valence-electron chi connectivity index (χ2n) is 9.60. The molecular weight excluding hydrogens is 491 g/mol. The highest BCUT2D eigenvalue weighted by Crippen LogP contribution is 2.27. The molecule has 1 atom stereocenters. The van der Waals surface area contributed by atoms with Crippen LogP contribution in [0.4, 0.5) is 4.39 Å². The number of hydrogen-bond acceptors (Lipinski definition) is 6. The SMILES string of the molecule is CC(C)(C)NC(=O)C(c1cccs1)N(CCc1ccccc1)C(=O)Cn1nnc(-c2ccccc2F)n1. The molecular formula is C27H29FN6O2S. The van der Waals surface area contributed by atoms with E-state index in [0.29, 0.717) is 13.0 Å². The van der Waals surface area contributed by atoms with Crippen molar-refractivity contribution < 1.29 is 14.0 Å². The van der Waals surface area contributed by atoms with Gasteiger partial charge in [-0.2, -0.15) is 4.80 Å². The lowest BCUT2D eigenvalue weighted by Crippen LogP contribution is -2.50. The minimum Gasteiger partial charge on any atom is -0.349 e. The van der Waals surface area contributed by atoms with Crippen LogP contribution in [0.25, 0.3) is 11.4 Å². The van der Waals surface area contributed by atoms with Crippen molar-refractivity contribution in [2.24, 2.45) is 0 Å². The van der Waals surface area contributed by atoms with Crippen molar-refractivity contribution in [2.75, 3.05) is 6.54 Å². The average molecular weight is 521 g/mol. The van der Waals surface area contributed by atoms with Crippen LogP contribution in [0, 0.1) is 5.82 Å². The number of nitrogens with zero attached hydrogens (tertiary/aromatic N) is 5. The summed E-state index contributed by atoms with van der Waals surface area (Å²) in [6.07, 6.45) is 0.558. The highest BCUT2D eigenvalue weighted by Gasteiger charge is 2.34. The summed E-state index contributed by atoms with van der Waals surface area (Å²) in [5.41, 5.74) is 0.758. The summed E-state index contributed by atoms with van der Waals surface area (Å²) in [6.45, 7) is 5.75. The van der Waals surface area contributed by atoms with Gasteiger partial charge in [-0.15, -0.1) is 21.5 Å². The van der Waals surface area contributed by atoms with Crippen molar-refractivity contribution in [3.63, 3.8) is 0 Å². The number of hydrogen-bond donors (Lipinski definition) is 1. The largest absolute Gasteiger partial charge is 0.349 e. The van der Waals surface area contributed by atoms with E-state index in [-0.39, 0.29) is 29.7 Å². The Morgan fingerprint density at radius 1 is 1.05 bits per heavy atom. The van der Waals surface area contributed by atoms with Gasteiger partial charge in [-0.25, -0.2) is 4.39 Å². The van der Waals surface area contributed by atoms with Gasteiger partial charge >= 0.3 is 0 Å². The van der Waals surface area contributed by atoms with Gasteiger partial charge in [0.2, 0.25) is 17.6 Å². The molecule has 10 heteroatoms. The van der Waals surface area contributed by atoms with Gasteiger partial charge in [-0.05, 0) is 61.5 Å². The number of amides is 2. The summed E-state index contributed by atoms with van der Waals surface area (Å²) in [6, 6.07) is 18.8. The monoisotopic (exact) mass is 520 g/mol. The second kappa shape index (κ2) is 11.4. The third-order valence-corrected chi connectivity index (χ3v) is 6.44. The maximum atomic E-state index is 14.2. The van der Waals surface area contributed by atoms with Crippen molar-refractivity contribution >= 4 is 23.2 Å². The molecule has 0 radical (unpaired) electrons. The highest BCUT2D eigenvalue weighted by atomic mass is 32.1. The quantitative estimate of drug-likeness (QED) is 0.356. The summed E-state index contributed by atoms with van der Waals surface area (Å²) < 4.78 is 14.2. The summed E-state index contributed by atoms with van der Waals surface area (Å²) in [7, 11) is 0. The van der Waals surface area contributed by atoms with E-state index in [9.17, 15) is 14.0 Å². The first-order valence-electron chi connectivity index (χ1n) is 11.9. The van der Waals surface area contributed by atoms with Crippen LogP contribution in [0.15, 0.2) is 72.1 Å². The minimum atomic E-state index is -0.829. The number of halogens is 1. The first-order chi connectivity index (χ1) is 17.7. The molecule has 0 saturated carbocycles. The van der Waals surface area contributed by atoms with Crippen LogP contribution < -0.4 is 5.32 Å². The summed E-state index contributed by atoms with van der Waals surface area (Å²) in [5, 5.41) is 17.0. The van der Waals surface area contributed by atoms with Crippen LogP contribution >= 0.6 is 11.3 Å². The number of carbonyl (C=O) groups excluding carboxylic acids is 2. The molecule has 37 heavy (non-hydrogen) atoms. The first kappa shape index (κ1) is 26.2. The summed E-state index contributed by atoms with van der Waals surface area (Å²) in [5.74, 6) is -1.01. The van der Waals surface area contributed by atoms with Gasteiger partial charge in [-0.1, -0.05) is 48.5 Å². The Morgan fingerprint density at radius 3 is 2.46 bits per heavy atom. The molecule has 0 aliphatic carbocycles. The number of benzene rings is 2. The van der Waals surface area contributed by atoms with Crippen molar-refractivity contribution in [1.29, 1.82) is 0 Å². The summed E-state index contributed by atoms with van der Waals surface area (Å²) in [4.78, 5) is 30.6. The zero-order chi connectivity index (χ0) is 26.4. The molecule has 0 fully saturated rings. The van der Waals surface area contributed by atoms with E-state index in [1.54, 1.807) is 23.1 Å². The molecule has 1 N–H and O–H groups in total. The van der Waals surface area contributed by atoms with Crippen LogP contribution in [0.5, 0.6) is 0 Å². The standard InChI is InChI=1S/C27H29FN6O2S/c1-27(2,3)29-26(36)24(22-14-9-17-37-22)33(16-15-19-10-5-4-6-11-19)23(35)18-34-31-25(30-32-34)20-12-7-8-13-21(20)28/h4-14,17,24H,15-16,18H2,1-3H3,(H,29,36). The van der Waals surface area contributed by atoms with Crippen molar-refractivity contribution in [3.05, 3.63) is 88.4 Å². The molecule has 0 spiro atoms. The molecule has 1 unspecified atom stereocenters. The average Bonchev–Trinajstić information content (AvgIpc) is 3.54. The molecule has 0 saturated heterocycles. The molecule has 0 aliphatic heterocycles. The Hall–Kier alpha value is -3.92. The van der Waals surface area contributed by atoms with Crippen molar-refractivity contribution in [1.82, 2.24) is 30.4 Å². The van der Waals surface area contributed by atoms with Gasteiger partial charge in [0.05, 0.1) is 5.56 Å². The van der Waals surface area contributed by atoms with E-state index in [1.807, 2.05) is 68.6 Å². The molecule has 4 rings (SSSR count). The zero-order valence-electron chi connectivity index (χ0n) is 21.0. The number of tetrazole rings is 1. The van der Waals surface area contributed by atoms with Crippen LogP contribution in [0.3, 0.4) is 0 Å². The Labute approximate surface area is 219 Å². The van der Waals surface area contributed by atoms with Crippen LogP contribution in [-0.4, -0.2) is 49.0 Å². The number of aromatic nitrogens is 4. The Kier molecular flexibility index (Phi) is 8.08. The maximum Gasteiger partial charge on any atom is 0.248 e. The number of nitrogens with one attached hydrogen (secondary N) is 1. The fraction of sp³-hybridized carbons (Fsp3) is 0.296. The van der Waals surface area contributed by atoms with Gasteiger partial charge in [0.1, 0.15) is 18.4 Å². The van der Waals surface area contributed by atoms with E-state index < -0.39 is 17.4 Å². The van der Waals surface area contributed by atoms with Crippen molar-refractivity contribution in [2.45, 2.75) is 45.3 Å². The topological polar surface area (TPSA) is 93.0 Å². The van der Waals surface area contributed by atoms with Gasteiger partial charge in [0.25, 0.3) is 0 Å². The molecule has 0 bridgehead atoms. The van der Waals surface area contributed by atoms with Gasteiger partial charge in [-0.3, -0.25) is 9.59 Å². The van der Waals surface area contributed by atoms with Crippen LogP contribution in [0.1, 0.15) is 37.3 Å². The molecule has 8 nitrogen and oxygen atoms in total. The van der Waals surface area contributed by atoms with Gasteiger partial charge in [0.15, 0.2) is 0 Å². The Bertz CT molecular complexity index is 1330. The Morgan fingerprint density at radius 2 is 1.78 bits per heavy atom. The fourth-order valence-corrected chi connectivity index (χ4v) is 4.71. The van der Waals surface area contributed by atoms with Gasteiger partial charge in [0, 0.05) is 17.0 Å². The van der Waals surface area contributed by atoms with E-state index in [4.69, 9.17) is 0 Å². The number of rotatable bonds is 9. The molecule has 0 aliphatic rings. The molecule has 192 valence electrons. The van der Waals surface area contributed by atoms with E-state index >= 15 is 0 Å². The Balaban J connectivity index is 1.63. The lowest BCUT2D eigenvalue weighted by atomic mass is 10.1. The molecule has 2 aromatic carbocycles. The second-order valence-corrected chi connectivity index (χ2v) is 10.6. The van der Waals surface area contributed by atoms with Crippen LogP contribution in [0.2, 0.25) is 0 Å². The summed E-state index contributed by atoms with van der Waals surface area (Å²) >= 11 is 1.42. The van der Waals surface area contributed by atoms with E-state index in [0.717, 1.165) is 15.2 Å².